The highest BCUT2D eigenvalue weighted by Gasteiger charge is 2.19. The van der Waals surface area contributed by atoms with Crippen molar-refractivity contribution in [2.45, 2.75) is 6.92 Å². The molecule has 0 unspecified atom stereocenters. The molecule has 4 heterocycles. The van der Waals surface area contributed by atoms with E-state index in [0.29, 0.717) is 33.4 Å². The molecule has 6 nitrogen and oxygen atoms in total. The third kappa shape index (κ3) is 3.04. The van der Waals surface area contributed by atoms with E-state index in [1.807, 2.05) is 13.0 Å². The minimum Gasteiger partial charge on any atom is -0.464 e. The highest BCUT2D eigenvalue weighted by Crippen LogP contribution is 2.38. The summed E-state index contributed by atoms with van der Waals surface area (Å²) >= 11 is 1.42. The Bertz CT molecular complexity index is 1190. The molecule has 0 aliphatic carbocycles. The summed E-state index contributed by atoms with van der Waals surface area (Å²) in [6.07, 6.45) is 4.36. The van der Waals surface area contributed by atoms with Crippen LogP contribution in [0.2, 0.25) is 0 Å². The first-order chi connectivity index (χ1) is 13.1. The molecule has 0 aliphatic heterocycles. The molecule has 0 amide bonds. The van der Waals surface area contributed by atoms with Crippen LogP contribution in [-0.2, 0) is 0 Å². The molecule has 0 N–H and O–H groups in total. The number of hydrogen-bond acceptors (Lipinski definition) is 6. The van der Waals surface area contributed by atoms with Gasteiger partial charge >= 0.3 is 0 Å². The molecular formula is C19H14FN5OS. The highest BCUT2D eigenvalue weighted by atomic mass is 32.1. The Morgan fingerprint density at radius 3 is 2.85 bits per heavy atom. The Morgan fingerprint density at radius 1 is 1.26 bits per heavy atom. The van der Waals surface area contributed by atoms with Crippen molar-refractivity contribution in [2.75, 3.05) is 7.05 Å². The summed E-state index contributed by atoms with van der Waals surface area (Å²) in [5.41, 5.74) is 3.35. The van der Waals surface area contributed by atoms with Gasteiger partial charge in [0.15, 0.2) is 5.84 Å². The molecule has 27 heavy (non-hydrogen) atoms. The fourth-order valence-electron chi connectivity index (χ4n) is 2.79. The fraction of sp³-hybridized carbons (Fsp3) is 0.105. The van der Waals surface area contributed by atoms with E-state index < -0.39 is 5.82 Å². The van der Waals surface area contributed by atoms with Gasteiger partial charge in [0, 0.05) is 30.3 Å². The number of hydrogen-bond donors (Lipinski definition) is 0. The molecule has 4 rings (SSSR count). The van der Waals surface area contributed by atoms with Gasteiger partial charge in [0.1, 0.15) is 22.1 Å². The molecule has 0 atom stereocenters. The molecule has 0 fully saturated rings. The third-order valence-electron chi connectivity index (χ3n) is 4.00. The van der Waals surface area contributed by atoms with Gasteiger partial charge in [-0.15, -0.1) is 11.3 Å². The average molecular weight is 379 g/mol. The molecule has 4 aromatic heterocycles. The number of aryl methyl sites for hydroxylation is 1. The second-order valence-electron chi connectivity index (χ2n) is 5.72. The number of amidine groups is 1. The minimum atomic E-state index is -0.403. The molecule has 134 valence electrons. The molecule has 0 saturated heterocycles. The topological polar surface area (TPSA) is 76.5 Å². The van der Waals surface area contributed by atoms with Crippen LogP contribution < -0.4 is 0 Å². The van der Waals surface area contributed by atoms with Crippen molar-refractivity contribution in [1.82, 2.24) is 15.0 Å². The van der Waals surface area contributed by atoms with Crippen molar-refractivity contribution in [3.05, 3.63) is 54.1 Å². The largest absolute Gasteiger partial charge is 0.464 e. The van der Waals surface area contributed by atoms with Crippen molar-refractivity contribution < 1.29 is 8.81 Å². The fourth-order valence-corrected chi connectivity index (χ4v) is 3.84. The molecule has 4 aromatic rings. The van der Waals surface area contributed by atoms with Crippen LogP contribution in [0, 0.1) is 12.7 Å². The molecule has 0 bridgehead atoms. The second kappa shape index (κ2) is 6.81. The van der Waals surface area contributed by atoms with Crippen molar-refractivity contribution in [3.8, 4) is 21.1 Å². The zero-order chi connectivity index (χ0) is 19.0. The molecule has 0 radical (unpaired) electrons. The zero-order valence-corrected chi connectivity index (χ0v) is 15.4. The van der Waals surface area contributed by atoms with Crippen LogP contribution in [0.25, 0.3) is 32.1 Å². The normalized spacial score (nSPS) is 11.9. The summed E-state index contributed by atoms with van der Waals surface area (Å²) in [4.78, 5) is 22.1. The van der Waals surface area contributed by atoms with Gasteiger partial charge in [0.25, 0.3) is 0 Å². The quantitative estimate of drug-likeness (QED) is 0.387. The molecular weight excluding hydrogens is 365 g/mol. The van der Waals surface area contributed by atoms with E-state index in [9.17, 15) is 4.39 Å². The van der Waals surface area contributed by atoms with Crippen LogP contribution >= 0.6 is 11.3 Å². The number of nitrogens with zero attached hydrogens (tertiary/aromatic N) is 5. The molecule has 0 spiro atoms. The zero-order valence-electron chi connectivity index (χ0n) is 14.6. The Labute approximate surface area is 158 Å². The lowest BCUT2D eigenvalue weighted by atomic mass is 10.1. The Morgan fingerprint density at radius 2 is 2.11 bits per heavy atom. The van der Waals surface area contributed by atoms with Gasteiger partial charge in [-0.25, -0.2) is 19.4 Å². The first-order valence-electron chi connectivity index (χ1n) is 8.01. The number of fused-ring (bicyclic) bond motifs is 1. The highest BCUT2D eigenvalue weighted by molar-refractivity contribution is 7.18. The monoisotopic (exact) mass is 379 g/mol. The molecule has 8 heteroatoms. The first kappa shape index (κ1) is 17.2. The van der Waals surface area contributed by atoms with Crippen LogP contribution in [0.15, 0.2) is 51.3 Å². The number of aromatic nitrogens is 3. The smallest absolute Gasteiger partial charge is 0.172 e. The van der Waals surface area contributed by atoms with Gasteiger partial charge in [0.2, 0.25) is 0 Å². The number of rotatable bonds is 3. The number of halogens is 1. The lowest BCUT2D eigenvalue weighted by molar-refractivity contribution is 0.615. The van der Waals surface area contributed by atoms with Crippen LogP contribution in [-0.4, -0.2) is 34.6 Å². The summed E-state index contributed by atoms with van der Waals surface area (Å²) < 4.78 is 19.1. The molecule has 0 saturated carbocycles. The predicted octanol–water partition coefficient (Wildman–Crippen LogP) is 4.54. The SMILES string of the molecule is C=NC(=NC)c1cc2occc2c(-c2sc(-c3cncc(F)c3)nc2C)n1. The van der Waals surface area contributed by atoms with Gasteiger partial charge < -0.3 is 4.42 Å². The summed E-state index contributed by atoms with van der Waals surface area (Å²) in [5.74, 6) is 0.0198. The maximum atomic E-state index is 13.5. The summed E-state index contributed by atoms with van der Waals surface area (Å²) in [7, 11) is 1.63. The number of furan rings is 1. The van der Waals surface area contributed by atoms with Gasteiger partial charge in [-0.1, -0.05) is 0 Å². The number of pyridine rings is 2. The van der Waals surface area contributed by atoms with Crippen molar-refractivity contribution in [2.24, 2.45) is 9.98 Å². The summed E-state index contributed by atoms with van der Waals surface area (Å²) in [6, 6.07) is 5.05. The summed E-state index contributed by atoms with van der Waals surface area (Å²) in [5, 5.41) is 1.53. The lowest BCUT2D eigenvalue weighted by Crippen LogP contribution is -2.01. The maximum Gasteiger partial charge on any atom is 0.172 e. The van der Waals surface area contributed by atoms with E-state index in [4.69, 9.17) is 9.40 Å². The van der Waals surface area contributed by atoms with E-state index in [1.165, 1.54) is 23.6 Å². The van der Waals surface area contributed by atoms with Crippen LogP contribution in [0.1, 0.15) is 11.4 Å². The van der Waals surface area contributed by atoms with Crippen LogP contribution in [0.4, 0.5) is 4.39 Å². The van der Waals surface area contributed by atoms with Crippen molar-refractivity contribution in [1.29, 1.82) is 0 Å². The Kier molecular flexibility index (Phi) is 4.33. The van der Waals surface area contributed by atoms with E-state index in [0.717, 1.165) is 16.0 Å². The third-order valence-corrected chi connectivity index (χ3v) is 5.22. The molecule has 0 aromatic carbocycles. The first-order valence-corrected chi connectivity index (χ1v) is 8.83. The van der Waals surface area contributed by atoms with Crippen LogP contribution in [0.3, 0.4) is 0 Å². The lowest BCUT2D eigenvalue weighted by Gasteiger charge is -2.05. The van der Waals surface area contributed by atoms with E-state index >= 15 is 0 Å². The standard InChI is InChI=1S/C19H14FN5OS/c1-10-17(27-19(24-10)11-6-12(20)9-23-8-11)16-13-4-5-26-15(13)7-14(25-16)18(21-2)22-3/h4-9H,2H2,1,3H3. The van der Waals surface area contributed by atoms with E-state index in [2.05, 4.69) is 26.7 Å². The summed E-state index contributed by atoms with van der Waals surface area (Å²) in [6.45, 7) is 5.44. The predicted molar refractivity (Wildman–Crippen MR) is 105 cm³/mol. The van der Waals surface area contributed by atoms with Gasteiger partial charge in [0.05, 0.1) is 28.7 Å². The van der Waals surface area contributed by atoms with E-state index in [-0.39, 0.29) is 0 Å². The Hall–Kier alpha value is -3.26. The van der Waals surface area contributed by atoms with Gasteiger partial charge in [-0.05, 0) is 25.8 Å². The van der Waals surface area contributed by atoms with Gasteiger partial charge in [-0.2, -0.15) is 0 Å². The van der Waals surface area contributed by atoms with Gasteiger partial charge in [-0.3, -0.25) is 9.98 Å². The average Bonchev–Trinajstić information content (AvgIpc) is 3.29. The van der Waals surface area contributed by atoms with E-state index in [1.54, 1.807) is 25.6 Å². The van der Waals surface area contributed by atoms with Crippen LogP contribution in [0.5, 0.6) is 0 Å². The Balaban J connectivity index is 1.92. The van der Waals surface area contributed by atoms with Crippen molar-refractivity contribution >= 4 is 34.9 Å². The molecule has 0 aliphatic rings. The van der Waals surface area contributed by atoms with Crippen molar-refractivity contribution in [3.63, 3.8) is 0 Å². The maximum absolute atomic E-state index is 13.5. The second-order valence-corrected chi connectivity index (χ2v) is 6.72. The number of thiazole rings is 1. The number of aliphatic imine (C=N–C) groups is 2. The minimum absolute atomic E-state index is 0.403.